The summed E-state index contributed by atoms with van der Waals surface area (Å²) >= 11 is 5.85. The third-order valence-electron chi connectivity index (χ3n) is 4.88. The van der Waals surface area contributed by atoms with Crippen LogP contribution < -0.4 is 11.5 Å². The molecule has 3 rings (SSSR count). The number of sulfone groups is 1. The van der Waals surface area contributed by atoms with Gasteiger partial charge in [-0.3, -0.25) is 0 Å². The largest absolute Gasteiger partial charge is 0.329 e. The molecule has 0 aromatic heterocycles. The van der Waals surface area contributed by atoms with E-state index in [-0.39, 0.29) is 17.4 Å². The maximum absolute atomic E-state index is 13.0. The summed E-state index contributed by atoms with van der Waals surface area (Å²) in [5.74, 6) is -0.297. The van der Waals surface area contributed by atoms with Crippen LogP contribution in [-0.4, -0.2) is 25.8 Å². The van der Waals surface area contributed by atoms with Crippen molar-refractivity contribution in [1.29, 1.82) is 0 Å². The van der Waals surface area contributed by atoms with Gasteiger partial charge in [0.05, 0.1) is 15.7 Å². The molecule has 1 aliphatic carbocycles. The molecule has 1 aliphatic rings. The third-order valence-corrected chi connectivity index (χ3v) is 7.44. The molecule has 4 nitrogen and oxygen atoms in total. The molecule has 1 fully saturated rings. The molecule has 0 unspecified atom stereocenters. The maximum Gasteiger partial charge on any atom is 0.183 e. The quantitative estimate of drug-likeness (QED) is 0.853. The minimum absolute atomic E-state index is 0.116. The number of hydrogen-bond donors (Lipinski definition) is 2. The van der Waals surface area contributed by atoms with Crippen molar-refractivity contribution in [3.8, 4) is 0 Å². The van der Waals surface area contributed by atoms with Crippen LogP contribution in [0, 0.1) is 0 Å². The van der Waals surface area contributed by atoms with E-state index < -0.39 is 20.6 Å². The lowest BCUT2D eigenvalue weighted by atomic mass is 10.0. The number of rotatable bonds is 5. The van der Waals surface area contributed by atoms with Gasteiger partial charge in [0.25, 0.3) is 0 Å². The molecular formula is C18H21ClN2O2S. The fourth-order valence-corrected chi connectivity index (χ4v) is 5.80. The minimum atomic E-state index is -3.58. The van der Waals surface area contributed by atoms with Crippen molar-refractivity contribution in [2.45, 2.75) is 34.9 Å². The van der Waals surface area contributed by atoms with Crippen LogP contribution in [0.5, 0.6) is 0 Å². The Balaban J connectivity index is 1.98. The smallest absolute Gasteiger partial charge is 0.183 e. The summed E-state index contributed by atoms with van der Waals surface area (Å²) in [5, 5.41) is -0.224. The Morgan fingerprint density at radius 2 is 1.67 bits per heavy atom. The van der Waals surface area contributed by atoms with Crippen molar-refractivity contribution < 1.29 is 8.42 Å². The van der Waals surface area contributed by atoms with E-state index in [9.17, 15) is 8.42 Å². The Labute approximate surface area is 147 Å². The first-order valence-electron chi connectivity index (χ1n) is 7.92. The molecule has 24 heavy (non-hydrogen) atoms. The molecule has 0 radical (unpaired) electrons. The second-order valence-corrected chi connectivity index (χ2v) is 8.81. The minimum Gasteiger partial charge on any atom is -0.329 e. The van der Waals surface area contributed by atoms with Crippen LogP contribution in [0.25, 0.3) is 0 Å². The molecule has 128 valence electrons. The SMILES string of the molecule is CCc1ccc([C@@H]2[C@H](S(=O)(=O)c3ccc(Cl)cc3)[C@]2(N)CN)cc1. The number of hydrogen-bond acceptors (Lipinski definition) is 4. The summed E-state index contributed by atoms with van der Waals surface area (Å²) in [5.41, 5.74) is 13.4. The summed E-state index contributed by atoms with van der Waals surface area (Å²) in [6.07, 6.45) is 0.933. The highest BCUT2D eigenvalue weighted by Crippen LogP contribution is 2.55. The predicted molar refractivity (Wildman–Crippen MR) is 97.0 cm³/mol. The van der Waals surface area contributed by atoms with Crippen molar-refractivity contribution >= 4 is 21.4 Å². The van der Waals surface area contributed by atoms with Crippen molar-refractivity contribution in [2.24, 2.45) is 11.5 Å². The number of benzene rings is 2. The van der Waals surface area contributed by atoms with E-state index in [1.165, 1.54) is 17.7 Å². The van der Waals surface area contributed by atoms with Gasteiger partial charge >= 0.3 is 0 Å². The molecule has 6 heteroatoms. The van der Waals surface area contributed by atoms with Gasteiger partial charge in [0.1, 0.15) is 0 Å². The van der Waals surface area contributed by atoms with Crippen LogP contribution in [0.4, 0.5) is 0 Å². The highest BCUT2D eigenvalue weighted by atomic mass is 35.5. The second kappa shape index (κ2) is 6.15. The molecular weight excluding hydrogens is 344 g/mol. The molecule has 0 aliphatic heterocycles. The molecule has 0 saturated heterocycles. The predicted octanol–water partition coefficient (Wildman–Crippen LogP) is 2.50. The van der Waals surface area contributed by atoms with E-state index in [2.05, 4.69) is 6.92 Å². The zero-order valence-corrected chi connectivity index (χ0v) is 15.0. The van der Waals surface area contributed by atoms with Crippen LogP contribution >= 0.6 is 11.6 Å². The van der Waals surface area contributed by atoms with Crippen LogP contribution in [0.2, 0.25) is 5.02 Å². The molecule has 0 bridgehead atoms. The molecule has 2 aromatic rings. The van der Waals surface area contributed by atoms with Gasteiger partial charge in [-0.2, -0.15) is 0 Å². The fraction of sp³-hybridized carbons (Fsp3) is 0.333. The van der Waals surface area contributed by atoms with Crippen LogP contribution in [0.15, 0.2) is 53.4 Å². The van der Waals surface area contributed by atoms with E-state index >= 15 is 0 Å². The highest BCUT2D eigenvalue weighted by molar-refractivity contribution is 7.92. The van der Waals surface area contributed by atoms with Crippen molar-refractivity contribution in [1.82, 2.24) is 0 Å². The van der Waals surface area contributed by atoms with Crippen LogP contribution in [0.3, 0.4) is 0 Å². The van der Waals surface area contributed by atoms with E-state index in [1.807, 2.05) is 24.3 Å². The average molecular weight is 365 g/mol. The first-order valence-corrected chi connectivity index (χ1v) is 9.84. The van der Waals surface area contributed by atoms with Gasteiger partial charge in [0.15, 0.2) is 9.84 Å². The van der Waals surface area contributed by atoms with Gasteiger partial charge < -0.3 is 11.5 Å². The fourth-order valence-electron chi connectivity index (χ4n) is 3.35. The van der Waals surface area contributed by atoms with Crippen molar-refractivity contribution in [2.75, 3.05) is 6.54 Å². The van der Waals surface area contributed by atoms with Crippen LogP contribution in [-0.2, 0) is 16.3 Å². The topological polar surface area (TPSA) is 86.2 Å². The van der Waals surface area contributed by atoms with Crippen molar-refractivity contribution in [3.05, 3.63) is 64.7 Å². The third kappa shape index (κ3) is 2.75. The molecule has 4 N–H and O–H groups in total. The first-order chi connectivity index (χ1) is 11.3. The van der Waals surface area contributed by atoms with Gasteiger partial charge in [0, 0.05) is 17.5 Å². The normalized spacial score (nSPS) is 26.3. The maximum atomic E-state index is 13.0. The molecule has 2 aromatic carbocycles. The molecule has 0 amide bonds. The summed E-state index contributed by atoms with van der Waals surface area (Å²) < 4.78 is 26.0. The van der Waals surface area contributed by atoms with Crippen LogP contribution in [0.1, 0.15) is 24.0 Å². The lowest BCUT2D eigenvalue weighted by Gasteiger charge is -2.09. The van der Waals surface area contributed by atoms with Crippen molar-refractivity contribution in [3.63, 3.8) is 0 Å². The zero-order chi connectivity index (χ0) is 17.5. The lowest BCUT2D eigenvalue weighted by molar-refractivity contribution is 0.586. The van der Waals surface area contributed by atoms with Gasteiger partial charge in [-0.1, -0.05) is 42.8 Å². The molecule has 0 heterocycles. The van der Waals surface area contributed by atoms with Gasteiger partial charge in [-0.25, -0.2) is 8.42 Å². The molecule has 3 atom stereocenters. The van der Waals surface area contributed by atoms with E-state index in [0.29, 0.717) is 5.02 Å². The molecule has 1 saturated carbocycles. The summed E-state index contributed by atoms with van der Waals surface area (Å²) in [7, 11) is -3.58. The van der Waals surface area contributed by atoms with E-state index in [4.69, 9.17) is 23.1 Å². The summed E-state index contributed by atoms with van der Waals surface area (Å²) in [6, 6.07) is 14.1. The highest BCUT2D eigenvalue weighted by Gasteiger charge is 2.68. The van der Waals surface area contributed by atoms with Gasteiger partial charge in [0.2, 0.25) is 0 Å². The first kappa shape index (κ1) is 17.4. The lowest BCUT2D eigenvalue weighted by Crippen LogP contribution is -2.39. The average Bonchev–Trinajstić information content (AvgIpc) is 3.23. The Hall–Kier alpha value is -1.40. The summed E-state index contributed by atoms with van der Waals surface area (Å²) in [4.78, 5) is 0.229. The Bertz CT molecular complexity index is 834. The zero-order valence-electron chi connectivity index (χ0n) is 13.4. The number of aryl methyl sites for hydroxylation is 1. The second-order valence-electron chi connectivity index (χ2n) is 6.31. The Morgan fingerprint density at radius 1 is 1.08 bits per heavy atom. The number of nitrogens with two attached hydrogens (primary N) is 2. The standard InChI is InChI=1S/C18H21ClN2O2S/c1-2-12-3-5-13(6-4-12)16-17(18(16,21)11-20)24(22,23)15-9-7-14(19)8-10-15/h3-10,16-17H,2,11,20-21H2,1H3/t16-,17+,18+/m1/s1. The van der Waals surface area contributed by atoms with E-state index in [1.54, 1.807) is 12.1 Å². The Kier molecular flexibility index (Phi) is 4.47. The Morgan fingerprint density at radius 3 is 2.17 bits per heavy atom. The monoisotopic (exact) mass is 364 g/mol. The van der Waals surface area contributed by atoms with Gasteiger partial charge in [-0.15, -0.1) is 0 Å². The number of halogens is 1. The summed E-state index contributed by atoms with van der Waals surface area (Å²) in [6.45, 7) is 2.19. The van der Waals surface area contributed by atoms with E-state index in [0.717, 1.165) is 12.0 Å². The van der Waals surface area contributed by atoms with Gasteiger partial charge in [-0.05, 0) is 41.8 Å². The molecule has 0 spiro atoms.